The second-order valence-corrected chi connectivity index (χ2v) is 6.33. The van der Waals surface area contributed by atoms with Crippen molar-refractivity contribution in [2.75, 3.05) is 34.3 Å². The standard InChI is InChI=1S/C14H20IN3O2/c1-17(2)10-5-8-18(9-6-10)14(19)12-11(15)4-7-16-13(12)20-3/h4,7,10H,5-6,8-9H2,1-3H3. The maximum Gasteiger partial charge on any atom is 0.260 e. The highest BCUT2D eigenvalue weighted by molar-refractivity contribution is 14.1. The number of amides is 1. The van der Waals surface area contributed by atoms with Crippen LogP contribution in [0.1, 0.15) is 23.2 Å². The zero-order chi connectivity index (χ0) is 14.7. The molecule has 0 bridgehead atoms. The molecule has 0 atom stereocenters. The summed E-state index contributed by atoms with van der Waals surface area (Å²) in [6.07, 6.45) is 3.69. The molecule has 1 amide bonds. The van der Waals surface area contributed by atoms with E-state index >= 15 is 0 Å². The van der Waals surface area contributed by atoms with Gasteiger partial charge < -0.3 is 14.5 Å². The Balaban J connectivity index is 2.13. The molecular weight excluding hydrogens is 369 g/mol. The van der Waals surface area contributed by atoms with Crippen molar-refractivity contribution in [3.8, 4) is 5.88 Å². The Morgan fingerprint density at radius 1 is 1.45 bits per heavy atom. The normalized spacial score (nSPS) is 16.6. The van der Waals surface area contributed by atoms with E-state index in [1.54, 1.807) is 13.3 Å². The molecule has 1 aromatic rings. The van der Waals surface area contributed by atoms with Crippen LogP contribution < -0.4 is 4.74 Å². The summed E-state index contributed by atoms with van der Waals surface area (Å²) >= 11 is 2.16. The number of halogens is 1. The van der Waals surface area contributed by atoms with Crippen LogP contribution in [-0.4, -0.2) is 61.0 Å². The van der Waals surface area contributed by atoms with Crippen LogP contribution in [0.5, 0.6) is 5.88 Å². The van der Waals surface area contributed by atoms with Gasteiger partial charge in [-0.15, -0.1) is 0 Å². The number of pyridine rings is 1. The summed E-state index contributed by atoms with van der Waals surface area (Å²) in [7, 11) is 5.73. The van der Waals surface area contributed by atoms with Crippen LogP contribution in [0.3, 0.4) is 0 Å². The second kappa shape index (κ2) is 6.71. The third-order valence-electron chi connectivity index (χ3n) is 3.75. The molecule has 1 saturated heterocycles. The summed E-state index contributed by atoms with van der Waals surface area (Å²) in [5.41, 5.74) is 0.582. The van der Waals surface area contributed by atoms with E-state index in [0.717, 1.165) is 29.5 Å². The molecular formula is C14H20IN3O2. The maximum atomic E-state index is 12.7. The lowest BCUT2D eigenvalue weighted by atomic mass is 10.0. The topological polar surface area (TPSA) is 45.7 Å². The Hall–Kier alpha value is -0.890. The minimum atomic E-state index is 0.0246. The molecule has 2 heterocycles. The van der Waals surface area contributed by atoms with Crippen molar-refractivity contribution in [2.24, 2.45) is 0 Å². The van der Waals surface area contributed by atoms with Crippen LogP contribution in [0.2, 0.25) is 0 Å². The first kappa shape index (κ1) is 15.5. The Morgan fingerprint density at radius 2 is 2.10 bits per heavy atom. The van der Waals surface area contributed by atoms with Gasteiger partial charge in [0.25, 0.3) is 5.91 Å². The minimum absolute atomic E-state index is 0.0246. The predicted octanol–water partition coefficient (Wildman–Crippen LogP) is 1.86. The van der Waals surface area contributed by atoms with Gasteiger partial charge in [-0.05, 0) is 55.6 Å². The number of carbonyl (C=O) groups is 1. The zero-order valence-electron chi connectivity index (χ0n) is 12.1. The molecule has 0 aliphatic carbocycles. The summed E-state index contributed by atoms with van der Waals surface area (Å²) < 4.78 is 6.11. The number of nitrogens with zero attached hydrogens (tertiary/aromatic N) is 3. The number of aromatic nitrogens is 1. The van der Waals surface area contributed by atoms with Gasteiger partial charge in [0.1, 0.15) is 5.56 Å². The molecule has 110 valence electrons. The van der Waals surface area contributed by atoms with Crippen LogP contribution in [0.15, 0.2) is 12.3 Å². The van der Waals surface area contributed by atoms with E-state index in [1.807, 2.05) is 11.0 Å². The van der Waals surface area contributed by atoms with Crippen LogP contribution in [0.25, 0.3) is 0 Å². The average Bonchev–Trinajstić information content (AvgIpc) is 2.46. The van der Waals surface area contributed by atoms with Gasteiger partial charge in [-0.2, -0.15) is 0 Å². The van der Waals surface area contributed by atoms with Crippen LogP contribution >= 0.6 is 22.6 Å². The van der Waals surface area contributed by atoms with Crippen molar-refractivity contribution in [3.63, 3.8) is 0 Å². The van der Waals surface area contributed by atoms with Crippen molar-refractivity contribution >= 4 is 28.5 Å². The quantitative estimate of drug-likeness (QED) is 0.741. The first-order valence-corrected chi connectivity index (χ1v) is 7.76. The molecule has 1 fully saturated rings. The lowest BCUT2D eigenvalue weighted by Gasteiger charge is -2.35. The minimum Gasteiger partial charge on any atom is -0.480 e. The molecule has 1 aromatic heterocycles. The third kappa shape index (κ3) is 3.22. The summed E-state index contributed by atoms with van der Waals surface area (Å²) in [4.78, 5) is 20.9. The first-order valence-electron chi connectivity index (χ1n) is 6.68. The van der Waals surface area contributed by atoms with E-state index in [-0.39, 0.29) is 5.91 Å². The van der Waals surface area contributed by atoms with Crippen molar-refractivity contribution in [1.82, 2.24) is 14.8 Å². The highest BCUT2D eigenvalue weighted by Crippen LogP contribution is 2.25. The molecule has 1 aliphatic rings. The summed E-state index contributed by atoms with van der Waals surface area (Å²) in [6, 6.07) is 2.40. The van der Waals surface area contributed by atoms with Gasteiger partial charge in [0.15, 0.2) is 0 Å². The average molecular weight is 389 g/mol. The Bertz CT molecular complexity index is 485. The van der Waals surface area contributed by atoms with Gasteiger partial charge >= 0.3 is 0 Å². The summed E-state index contributed by atoms with van der Waals surface area (Å²) in [5, 5.41) is 0. The van der Waals surface area contributed by atoms with Gasteiger partial charge in [0.2, 0.25) is 5.88 Å². The molecule has 0 radical (unpaired) electrons. The number of hydrogen-bond acceptors (Lipinski definition) is 4. The fourth-order valence-electron chi connectivity index (χ4n) is 2.51. The molecule has 6 heteroatoms. The monoisotopic (exact) mass is 389 g/mol. The number of hydrogen-bond donors (Lipinski definition) is 0. The number of likely N-dealkylation sites (tertiary alicyclic amines) is 1. The molecule has 0 N–H and O–H groups in total. The highest BCUT2D eigenvalue weighted by atomic mass is 127. The van der Waals surface area contributed by atoms with E-state index < -0.39 is 0 Å². The summed E-state index contributed by atoms with van der Waals surface area (Å²) in [5.74, 6) is 0.438. The number of piperidine rings is 1. The summed E-state index contributed by atoms with van der Waals surface area (Å²) in [6.45, 7) is 1.58. The molecule has 0 aromatic carbocycles. The fraction of sp³-hybridized carbons (Fsp3) is 0.571. The lowest BCUT2D eigenvalue weighted by molar-refractivity contribution is 0.0658. The van der Waals surface area contributed by atoms with Gasteiger partial charge in [0, 0.05) is 28.9 Å². The fourth-order valence-corrected chi connectivity index (χ4v) is 3.13. The number of methoxy groups -OCH3 is 1. The number of rotatable bonds is 3. The highest BCUT2D eigenvalue weighted by Gasteiger charge is 2.28. The number of ether oxygens (including phenoxy) is 1. The van der Waals surface area contributed by atoms with Crippen molar-refractivity contribution in [2.45, 2.75) is 18.9 Å². The molecule has 0 unspecified atom stereocenters. The van der Waals surface area contributed by atoms with Gasteiger partial charge in [-0.25, -0.2) is 4.98 Å². The Kier molecular flexibility index (Phi) is 5.20. The maximum absolute atomic E-state index is 12.7. The van der Waals surface area contributed by atoms with E-state index in [0.29, 0.717) is 17.5 Å². The smallest absolute Gasteiger partial charge is 0.260 e. The van der Waals surface area contributed by atoms with Gasteiger partial charge in [-0.3, -0.25) is 4.79 Å². The van der Waals surface area contributed by atoms with Crippen molar-refractivity contribution in [3.05, 3.63) is 21.4 Å². The van der Waals surface area contributed by atoms with Crippen LogP contribution in [-0.2, 0) is 0 Å². The molecule has 5 nitrogen and oxygen atoms in total. The molecule has 0 saturated carbocycles. The van der Waals surface area contributed by atoms with E-state index in [1.165, 1.54) is 0 Å². The zero-order valence-corrected chi connectivity index (χ0v) is 14.3. The molecule has 0 spiro atoms. The predicted molar refractivity (Wildman–Crippen MR) is 86.1 cm³/mol. The third-order valence-corrected chi connectivity index (χ3v) is 4.65. The second-order valence-electron chi connectivity index (χ2n) is 5.16. The molecule has 2 rings (SSSR count). The van der Waals surface area contributed by atoms with Crippen molar-refractivity contribution in [1.29, 1.82) is 0 Å². The van der Waals surface area contributed by atoms with E-state index in [2.05, 4.69) is 46.6 Å². The van der Waals surface area contributed by atoms with Gasteiger partial charge in [-0.1, -0.05) is 0 Å². The van der Waals surface area contributed by atoms with E-state index in [9.17, 15) is 4.79 Å². The Labute approximate surface area is 133 Å². The lowest BCUT2D eigenvalue weighted by Crippen LogP contribution is -2.44. The Morgan fingerprint density at radius 3 is 2.65 bits per heavy atom. The molecule has 20 heavy (non-hydrogen) atoms. The van der Waals surface area contributed by atoms with Crippen molar-refractivity contribution < 1.29 is 9.53 Å². The molecule has 1 aliphatic heterocycles. The largest absolute Gasteiger partial charge is 0.480 e. The van der Waals surface area contributed by atoms with Gasteiger partial charge in [0.05, 0.1) is 7.11 Å². The number of carbonyl (C=O) groups excluding carboxylic acids is 1. The van der Waals surface area contributed by atoms with E-state index in [4.69, 9.17) is 4.74 Å². The SMILES string of the molecule is COc1nccc(I)c1C(=O)N1CCC(N(C)C)CC1. The van der Waals surface area contributed by atoms with Crippen LogP contribution in [0, 0.1) is 3.57 Å². The first-order chi connectivity index (χ1) is 9.54. The van der Waals surface area contributed by atoms with Crippen LogP contribution in [0.4, 0.5) is 0 Å².